The molecule has 1 aromatic carbocycles. The van der Waals surface area contributed by atoms with Gasteiger partial charge in [0, 0.05) is 15.6 Å². The topological polar surface area (TPSA) is 84.2 Å². The van der Waals surface area contributed by atoms with Crippen LogP contribution in [0.1, 0.15) is 10.4 Å². The molecule has 0 unspecified atom stereocenters. The van der Waals surface area contributed by atoms with Gasteiger partial charge in [0.15, 0.2) is 5.11 Å². The number of carbonyl (C=O) groups excluding carboxylic acids is 2. The van der Waals surface area contributed by atoms with Crippen molar-refractivity contribution in [3.8, 4) is 0 Å². The smallest absolute Gasteiger partial charge is 0.318 e. The van der Waals surface area contributed by atoms with Gasteiger partial charge in [0.2, 0.25) is 0 Å². The van der Waals surface area contributed by atoms with Crippen LogP contribution in [0.4, 0.5) is 4.79 Å². The van der Waals surface area contributed by atoms with Crippen molar-refractivity contribution in [2.24, 2.45) is 5.73 Å². The Labute approximate surface area is 112 Å². The Morgan fingerprint density at radius 1 is 1.12 bits per heavy atom. The second-order valence-electron chi connectivity index (χ2n) is 2.93. The Bertz CT molecular complexity index is 473. The van der Waals surface area contributed by atoms with E-state index in [9.17, 15) is 9.59 Å². The third-order valence-corrected chi connectivity index (χ3v) is 2.23. The summed E-state index contributed by atoms with van der Waals surface area (Å²) in [6, 6.07) is 3.45. The maximum absolute atomic E-state index is 11.6. The van der Waals surface area contributed by atoms with Crippen LogP contribution in [-0.4, -0.2) is 17.1 Å². The van der Waals surface area contributed by atoms with Gasteiger partial charge in [-0.2, -0.15) is 0 Å². The highest BCUT2D eigenvalue weighted by Gasteiger charge is 2.10. The van der Waals surface area contributed by atoms with Gasteiger partial charge >= 0.3 is 6.03 Å². The number of hydrogen-bond acceptors (Lipinski definition) is 3. The lowest BCUT2D eigenvalue weighted by molar-refractivity contribution is 0.0977. The average Bonchev–Trinajstić information content (AvgIpc) is 2.14. The van der Waals surface area contributed by atoms with Crippen molar-refractivity contribution >= 4 is 52.5 Å². The number of thiocarbonyl (C=S) groups is 1. The minimum atomic E-state index is -0.862. The number of nitrogens with two attached hydrogens (primary N) is 1. The third-order valence-electron chi connectivity index (χ3n) is 1.59. The molecule has 90 valence electrons. The highest BCUT2D eigenvalue weighted by atomic mass is 35.5. The summed E-state index contributed by atoms with van der Waals surface area (Å²) in [6.45, 7) is 0. The Balaban J connectivity index is 2.76. The van der Waals surface area contributed by atoms with E-state index in [4.69, 9.17) is 28.9 Å². The van der Waals surface area contributed by atoms with Crippen LogP contribution < -0.4 is 16.4 Å². The normalized spacial score (nSPS) is 9.53. The maximum Gasteiger partial charge on any atom is 0.318 e. The molecule has 1 aromatic rings. The lowest BCUT2D eigenvalue weighted by Crippen LogP contribution is -2.44. The Morgan fingerprint density at radius 2 is 1.65 bits per heavy atom. The molecule has 5 nitrogen and oxygen atoms in total. The first-order valence-electron chi connectivity index (χ1n) is 4.26. The van der Waals surface area contributed by atoms with Gasteiger partial charge in [-0.15, -0.1) is 0 Å². The van der Waals surface area contributed by atoms with Crippen LogP contribution in [0.15, 0.2) is 18.2 Å². The van der Waals surface area contributed by atoms with E-state index < -0.39 is 11.9 Å². The highest BCUT2D eigenvalue weighted by Crippen LogP contribution is 2.18. The van der Waals surface area contributed by atoms with Crippen LogP contribution in [0.5, 0.6) is 0 Å². The molecule has 0 saturated heterocycles. The molecule has 0 aliphatic heterocycles. The van der Waals surface area contributed by atoms with Gasteiger partial charge in [-0.1, -0.05) is 23.2 Å². The zero-order valence-corrected chi connectivity index (χ0v) is 10.6. The minimum absolute atomic E-state index is 0.196. The molecule has 0 radical (unpaired) electrons. The molecule has 0 fully saturated rings. The minimum Gasteiger partial charge on any atom is -0.351 e. The van der Waals surface area contributed by atoms with Crippen LogP contribution in [-0.2, 0) is 0 Å². The number of amides is 3. The first-order chi connectivity index (χ1) is 7.88. The number of nitrogens with one attached hydrogen (secondary N) is 2. The van der Waals surface area contributed by atoms with Gasteiger partial charge in [0.05, 0.1) is 0 Å². The van der Waals surface area contributed by atoms with Crippen LogP contribution in [0.25, 0.3) is 0 Å². The van der Waals surface area contributed by atoms with Crippen molar-refractivity contribution in [3.63, 3.8) is 0 Å². The van der Waals surface area contributed by atoms with Gasteiger partial charge in [-0.3, -0.25) is 15.4 Å². The number of carbonyl (C=O) groups is 2. The third kappa shape index (κ3) is 4.56. The van der Waals surface area contributed by atoms with Gasteiger partial charge in [-0.25, -0.2) is 4.79 Å². The van der Waals surface area contributed by atoms with Crippen molar-refractivity contribution in [2.75, 3.05) is 0 Å². The summed E-state index contributed by atoms with van der Waals surface area (Å²) < 4.78 is 0. The SMILES string of the molecule is NC(=O)NC(=S)NC(=O)c1cc(Cl)cc(Cl)c1. The van der Waals surface area contributed by atoms with Crippen LogP contribution in [0.2, 0.25) is 10.0 Å². The van der Waals surface area contributed by atoms with E-state index in [1.54, 1.807) is 0 Å². The molecule has 1 rings (SSSR count). The van der Waals surface area contributed by atoms with Crippen molar-refractivity contribution in [1.82, 2.24) is 10.6 Å². The van der Waals surface area contributed by atoms with Gasteiger partial charge < -0.3 is 5.73 Å². The van der Waals surface area contributed by atoms with Crippen molar-refractivity contribution in [2.45, 2.75) is 0 Å². The van der Waals surface area contributed by atoms with Gasteiger partial charge in [-0.05, 0) is 30.4 Å². The number of urea groups is 1. The van der Waals surface area contributed by atoms with E-state index in [1.165, 1.54) is 18.2 Å². The molecule has 0 spiro atoms. The molecular weight excluding hydrogens is 285 g/mol. The molecule has 3 amide bonds. The van der Waals surface area contributed by atoms with Crippen LogP contribution >= 0.6 is 35.4 Å². The summed E-state index contributed by atoms with van der Waals surface area (Å²) in [5.41, 5.74) is 5.04. The number of benzene rings is 1. The Morgan fingerprint density at radius 3 is 2.12 bits per heavy atom. The van der Waals surface area contributed by atoms with E-state index in [1.807, 2.05) is 5.32 Å². The quantitative estimate of drug-likeness (QED) is 0.688. The maximum atomic E-state index is 11.6. The number of rotatable bonds is 1. The highest BCUT2D eigenvalue weighted by molar-refractivity contribution is 7.80. The van der Waals surface area contributed by atoms with Crippen LogP contribution in [0.3, 0.4) is 0 Å². The summed E-state index contributed by atoms with van der Waals surface area (Å²) in [4.78, 5) is 22.1. The fourth-order valence-electron chi connectivity index (χ4n) is 1.00. The number of primary amides is 1. The summed E-state index contributed by atoms with van der Waals surface area (Å²) in [6.07, 6.45) is 0. The van der Waals surface area contributed by atoms with E-state index in [2.05, 4.69) is 17.5 Å². The molecule has 0 aliphatic rings. The largest absolute Gasteiger partial charge is 0.351 e. The van der Waals surface area contributed by atoms with E-state index in [0.29, 0.717) is 10.0 Å². The summed E-state index contributed by atoms with van der Waals surface area (Å²) in [7, 11) is 0. The molecule has 0 bridgehead atoms. The van der Waals surface area contributed by atoms with E-state index in [-0.39, 0.29) is 10.7 Å². The summed E-state index contributed by atoms with van der Waals surface area (Å²) >= 11 is 16.1. The van der Waals surface area contributed by atoms with Crippen molar-refractivity contribution in [3.05, 3.63) is 33.8 Å². The van der Waals surface area contributed by atoms with Crippen LogP contribution in [0, 0.1) is 0 Å². The molecule has 0 atom stereocenters. The zero-order chi connectivity index (χ0) is 13.0. The van der Waals surface area contributed by atoms with E-state index in [0.717, 1.165) is 0 Å². The molecule has 8 heteroatoms. The fourth-order valence-corrected chi connectivity index (χ4v) is 1.72. The molecule has 0 aromatic heterocycles. The van der Waals surface area contributed by atoms with Gasteiger partial charge in [0.1, 0.15) is 0 Å². The summed E-state index contributed by atoms with van der Waals surface area (Å²) in [5, 5.41) is 4.73. The lowest BCUT2D eigenvalue weighted by Gasteiger charge is -2.07. The molecule has 0 heterocycles. The lowest BCUT2D eigenvalue weighted by atomic mass is 10.2. The second-order valence-corrected chi connectivity index (χ2v) is 4.21. The first kappa shape index (κ1) is 13.7. The second kappa shape index (κ2) is 5.81. The fraction of sp³-hybridized carbons (Fsp3) is 0. The van der Waals surface area contributed by atoms with Gasteiger partial charge in [0.25, 0.3) is 5.91 Å². The van der Waals surface area contributed by atoms with E-state index >= 15 is 0 Å². The molecule has 0 aliphatic carbocycles. The Hall–Kier alpha value is -1.37. The molecule has 17 heavy (non-hydrogen) atoms. The summed E-state index contributed by atoms with van der Waals surface area (Å²) in [5.74, 6) is -0.548. The zero-order valence-electron chi connectivity index (χ0n) is 8.29. The number of hydrogen-bond donors (Lipinski definition) is 3. The standard InChI is InChI=1S/C9H7Cl2N3O2S/c10-5-1-4(2-6(11)3-5)7(15)13-9(17)14-8(12)16/h1-3H,(H4,12,13,14,15,16,17). The monoisotopic (exact) mass is 291 g/mol. The predicted molar refractivity (Wildman–Crippen MR) is 69.2 cm³/mol. The predicted octanol–water partition coefficient (Wildman–Crippen LogP) is 1.68. The Kier molecular flexibility index (Phi) is 4.68. The van der Waals surface area contributed by atoms with Crippen molar-refractivity contribution in [1.29, 1.82) is 0 Å². The molecule has 0 saturated carbocycles. The molecule has 4 N–H and O–H groups in total. The first-order valence-corrected chi connectivity index (χ1v) is 5.43. The number of halogens is 2. The van der Waals surface area contributed by atoms with Crippen molar-refractivity contribution < 1.29 is 9.59 Å². The molecular formula is C9H7Cl2N3O2S. The average molecular weight is 292 g/mol.